The van der Waals surface area contributed by atoms with Crippen molar-refractivity contribution >= 4 is 9.84 Å². The molecule has 11 heavy (non-hydrogen) atoms. The minimum Gasteiger partial charge on any atom is -0.229 e. The van der Waals surface area contributed by atoms with Crippen LogP contribution in [-0.4, -0.2) is 19.9 Å². The van der Waals surface area contributed by atoms with Gasteiger partial charge >= 0.3 is 0 Å². The Bertz CT molecular complexity index is 289. The SMILES string of the molecule is CS(=O)(=O)C1CC2C=CC1C2. The molecular formula is C8H12O2S. The fourth-order valence-electron chi connectivity index (χ4n) is 2.22. The van der Waals surface area contributed by atoms with Crippen molar-refractivity contribution in [1.29, 1.82) is 0 Å². The lowest BCUT2D eigenvalue weighted by Crippen LogP contribution is -2.23. The smallest absolute Gasteiger partial charge is 0.150 e. The van der Waals surface area contributed by atoms with Gasteiger partial charge in [0.2, 0.25) is 0 Å². The Morgan fingerprint density at radius 3 is 2.27 bits per heavy atom. The highest BCUT2D eigenvalue weighted by molar-refractivity contribution is 7.91. The number of hydrogen-bond acceptors (Lipinski definition) is 2. The zero-order valence-corrected chi connectivity index (χ0v) is 7.34. The van der Waals surface area contributed by atoms with Crippen molar-refractivity contribution in [3.63, 3.8) is 0 Å². The number of hydrogen-bond donors (Lipinski definition) is 0. The molecule has 0 radical (unpaired) electrons. The van der Waals surface area contributed by atoms with E-state index in [-0.39, 0.29) is 5.25 Å². The van der Waals surface area contributed by atoms with E-state index in [4.69, 9.17) is 0 Å². The van der Waals surface area contributed by atoms with Gasteiger partial charge in [0.25, 0.3) is 0 Å². The highest BCUT2D eigenvalue weighted by Crippen LogP contribution is 2.42. The summed E-state index contributed by atoms with van der Waals surface area (Å²) in [4.78, 5) is 0. The maximum atomic E-state index is 11.2. The number of rotatable bonds is 1. The van der Waals surface area contributed by atoms with Crippen molar-refractivity contribution < 1.29 is 8.42 Å². The fraction of sp³-hybridized carbons (Fsp3) is 0.750. The molecule has 3 heteroatoms. The molecular weight excluding hydrogens is 160 g/mol. The van der Waals surface area contributed by atoms with Gasteiger partial charge in [-0.25, -0.2) is 8.42 Å². The van der Waals surface area contributed by atoms with E-state index in [2.05, 4.69) is 12.2 Å². The third-order valence-corrected chi connectivity index (χ3v) is 4.41. The largest absolute Gasteiger partial charge is 0.229 e. The zero-order chi connectivity index (χ0) is 8.06. The van der Waals surface area contributed by atoms with Crippen molar-refractivity contribution in [3.8, 4) is 0 Å². The normalized spacial score (nSPS) is 41.7. The van der Waals surface area contributed by atoms with E-state index in [1.165, 1.54) is 6.26 Å². The highest BCUT2D eigenvalue weighted by atomic mass is 32.2. The Labute approximate surface area is 67.2 Å². The van der Waals surface area contributed by atoms with Crippen LogP contribution in [0.25, 0.3) is 0 Å². The Balaban J connectivity index is 2.28. The number of allylic oxidation sites excluding steroid dienone is 2. The van der Waals surface area contributed by atoms with Crippen molar-refractivity contribution in [2.45, 2.75) is 18.1 Å². The molecule has 0 amide bonds. The van der Waals surface area contributed by atoms with Crippen LogP contribution in [0, 0.1) is 11.8 Å². The molecule has 1 fully saturated rings. The van der Waals surface area contributed by atoms with Crippen molar-refractivity contribution in [2.24, 2.45) is 11.8 Å². The van der Waals surface area contributed by atoms with Crippen LogP contribution in [0.4, 0.5) is 0 Å². The monoisotopic (exact) mass is 172 g/mol. The maximum absolute atomic E-state index is 11.2. The molecule has 2 bridgehead atoms. The van der Waals surface area contributed by atoms with Gasteiger partial charge in [-0.2, -0.15) is 0 Å². The first kappa shape index (κ1) is 7.35. The van der Waals surface area contributed by atoms with Crippen LogP contribution in [0.3, 0.4) is 0 Å². The summed E-state index contributed by atoms with van der Waals surface area (Å²) in [5, 5.41) is -0.0718. The molecule has 0 aromatic rings. The Hall–Kier alpha value is -0.310. The summed E-state index contributed by atoms with van der Waals surface area (Å²) in [6.07, 6.45) is 7.51. The molecule has 0 spiro atoms. The first-order chi connectivity index (χ1) is 5.07. The van der Waals surface area contributed by atoms with Crippen molar-refractivity contribution in [3.05, 3.63) is 12.2 Å². The van der Waals surface area contributed by atoms with Gasteiger partial charge in [-0.3, -0.25) is 0 Å². The second kappa shape index (κ2) is 2.09. The van der Waals surface area contributed by atoms with Gasteiger partial charge < -0.3 is 0 Å². The molecule has 0 aliphatic heterocycles. The van der Waals surface area contributed by atoms with E-state index in [0.717, 1.165) is 12.8 Å². The van der Waals surface area contributed by atoms with Gasteiger partial charge in [0.15, 0.2) is 9.84 Å². The maximum Gasteiger partial charge on any atom is 0.150 e. The van der Waals surface area contributed by atoms with Crippen LogP contribution in [0.2, 0.25) is 0 Å². The lowest BCUT2D eigenvalue weighted by molar-refractivity contribution is 0.567. The van der Waals surface area contributed by atoms with Crippen LogP contribution in [0.5, 0.6) is 0 Å². The molecule has 2 aliphatic carbocycles. The Morgan fingerprint density at radius 1 is 1.27 bits per heavy atom. The molecule has 62 valence electrons. The molecule has 0 N–H and O–H groups in total. The van der Waals surface area contributed by atoms with E-state index in [9.17, 15) is 8.42 Å². The molecule has 0 saturated heterocycles. The predicted molar refractivity (Wildman–Crippen MR) is 44.0 cm³/mol. The summed E-state index contributed by atoms with van der Waals surface area (Å²) in [5.41, 5.74) is 0. The molecule has 0 heterocycles. The average molecular weight is 172 g/mol. The van der Waals surface area contributed by atoms with Gasteiger partial charge in [0.05, 0.1) is 5.25 Å². The molecule has 2 aliphatic rings. The van der Waals surface area contributed by atoms with E-state index in [0.29, 0.717) is 11.8 Å². The quantitative estimate of drug-likeness (QED) is 0.553. The Kier molecular flexibility index (Phi) is 1.40. The van der Waals surface area contributed by atoms with E-state index in [1.54, 1.807) is 0 Å². The van der Waals surface area contributed by atoms with Gasteiger partial charge in [-0.15, -0.1) is 0 Å². The first-order valence-electron chi connectivity index (χ1n) is 3.94. The van der Waals surface area contributed by atoms with E-state index in [1.807, 2.05) is 0 Å². The number of sulfone groups is 1. The second-order valence-electron chi connectivity index (χ2n) is 3.65. The van der Waals surface area contributed by atoms with Crippen LogP contribution >= 0.6 is 0 Å². The van der Waals surface area contributed by atoms with Crippen LogP contribution in [0.15, 0.2) is 12.2 Å². The molecule has 2 rings (SSSR count). The summed E-state index contributed by atoms with van der Waals surface area (Å²) in [6.45, 7) is 0. The first-order valence-corrected chi connectivity index (χ1v) is 5.90. The summed E-state index contributed by atoms with van der Waals surface area (Å²) in [5.74, 6) is 0.884. The van der Waals surface area contributed by atoms with Crippen LogP contribution < -0.4 is 0 Å². The summed E-state index contributed by atoms with van der Waals surface area (Å²) in [7, 11) is -2.78. The molecule has 2 nitrogen and oxygen atoms in total. The third kappa shape index (κ3) is 1.11. The minimum atomic E-state index is -2.78. The average Bonchev–Trinajstić information content (AvgIpc) is 2.42. The van der Waals surface area contributed by atoms with Crippen molar-refractivity contribution in [1.82, 2.24) is 0 Å². The Morgan fingerprint density at radius 2 is 2.00 bits per heavy atom. The van der Waals surface area contributed by atoms with Crippen LogP contribution in [0.1, 0.15) is 12.8 Å². The summed E-state index contributed by atoms with van der Waals surface area (Å²) < 4.78 is 22.4. The minimum absolute atomic E-state index is 0.0718. The van der Waals surface area contributed by atoms with Crippen molar-refractivity contribution in [2.75, 3.05) is 6.26 Å². The zero-order valence-electron chi connectivity index (χ0n) is 6.53. The van der Waals surface area contributed by atoms with E-state index >= 15 is 0 Å². The van der Waals surface area contributed by atoms with E-state index < -0.39 is 9.84 Å². The van der Waals surface area contributed by atoms with Gasteiger partial charge in [0.1, 0.15) is 0 Å². The topological polar surface area (TPSA) is 34.1 Å². The molecule has 0 aromatic heterocycles. The van der Waals surface area contributed by atoms with Gasteiger partial charge in [-0.1, -0.05) is 12.2 Å². The van der Waals surface area contributed by atoms with Crippen LogP contribution in [-0.2, 0) is 9.84 Å². The van der Waals surface area contributed by atoms with Gasteiger partial charge in [-0.05, 0) is 24.7 Å². The fourth-order valence-corrected chi connectivity index (χ4v) is 3.66. The molecule has 3 unspecified atom stereocenters. The molecule has 3 atom stereocenters. The third-order valence-electron chi connectivity index (χ3n) is 2.77. The lowest BCUT2D eigenvalue weighted by Gasteiger charge is -2.14. The summed E-state index contributed by atoms with van der Waals surface area (Å²) >= 11 is 0. The van der Waals surface area contributed by atoms with Gasteiger partial charge in [0, 0.05) is 6.26 Å². The number of fused-ring (bicyclic) bond motifs is 2. The molecule has 0 aromatic carbocycles. The second-order valence-corrected chi connectivity index (χ2v) is 5.91. The summed E-state index contributed by atoms with van der Waals surface area (Å²) in [6, 6.07) is 0. The highest BCUT2D eigenvalue weighted by Gasteiger charge is 2.40. The predicted octanol–water partition coefficient (Wildman–Crippen LogP) is 0.996. The standard InChI is InChI=1S/C8H12O2S/c1-11(9,10)8-5-6-2-3-7(8)4-6/h2-3,6-8H,4-5H2,1H3. The molecule has 1 saturated carbocycles. The lowest BCUT2D eigenvalue weighted by atomic mass is 10.1.